The van der Waals surface area contributed by atoms with Crippen LogP contribution in [0.2, 0.25) is 5.54 Å². The fourth-order valence-corrected chi connectivity index (χ4v) is 2.45. The predicted molar refractivity (Wildman–Crippen MR) is 62.0 cm³/mol. The molecule has 0 saturated carbocycles. The zero-order valence-electron chi connectivity index (χ0n) is 9.23. The zero-order chi connectivity index (χ0) is 9.23. The van der Waals surface area contributed by atoms with Crippen molar-refractivity contribution in [1.82, 2.24) is 0 Å². The van der Waals surface area contributed by atoms with Crippen molar-refractivity contribution in [3.8, 4) is 0 Å². The molecule has 0 fully saturated rings. The van der Waals surface area contributed by atoms with E-state index >= 15 is 0 Å². The smallest absolute Gasteiger partial charge is 0.00672 e. The molecule has 0 nitrogen and oxygen atoms in total. The van der Waals surface area contributed by atoms with Gasteiger partial charge in [0.2, 0.25) is 0 Å². The van der Waals surface area contributed by atoms with Crippen LogP contribution in [0.15, 0.2) is 0 Å². The SMILES string of the molecule is CCCCCC([SiH3])CCCCC. The summed E-state index contributed by atoms with van der Waals surface area (Å²) in [6, 6.07) is 0. The molecule has 0 atom stereocenters. The molecule has 0 rings (SSSR count). The minimum Gasteiger partial charge on any atom is -0.0654 e. The predicted octanol–water partition coefficient (Wildman–Crippen LogP) is 3.30. The van der Waals surface area contributed by atoms with Crippen LogP contribution in [0.1, 0.15) is 65.2 Å². The molecule has 0 aromatic heterocycles. The van der Waals surface area contributed by atoms with Crippen molar-refractivity contribution in [3.05, 3.63) is 0 Å². The molecule has 0 amide bonds. The van der Waals surface area contributed by atoms with Crippen LogP contribution in [-0.4, -0.2) is 10.2 Å². The second-order valence-corrected chi connectivity index (χ2v) is 5.73. The maximum absolute atomic E-state index is 2.29. The fourth-order valence-electron chi connectivity index (χ4n) is 1.63. The highest BCUT2D eigenvalue weighted by molar-refractivity contribution is 6.11. The van der Waals surface area contributed by atoms with Gasteiger partial charge in [-0.3, -0.25) is 0 Å². The maximum Gasteiger partial charge on any atom is 0.00672 e. The average Bonchev–Trinajstić information content (AvgIpc) is 2.06. The number of rotatable bonds is 8. The Kier molecular flexibility index (Phi) is 9.47. The Morgan fingerprint density at radius 2 is 1.25 bits per heavy atom. The van der Waals surface area contributed by atoms with Crippen molar-refractivity contribution >= 4 is 10.2 Å². The quantitative estimate of drug-likeness (QED) is 0.403. The number of unbranched alkanes of at least 4 members (excludes halogenated alkanes) is 4. The van der Waals surface area contributed by atoms with Crippen LogP contribution in [0.5, 0.6) is 0 Å². The van der Waals surface area contributed by atoms with Gasteiger partial charge in [0, 0.05) is 10.2 Å². The molecule has 0 aromatic rings. The van der Waals surface area contributed by atoms with E-state index in [1.807, 2.05) is 0 Å². The minimum absolute atomic E-state index is 1.11. The van der Waals surface area contributed by atoms with Gasteiger partial charge in [-0.2, -0.15) is 0 Å². The lowest BCUT2D eigenvalue weighted by Gasteiger charge is -2.09. The van der Waals surface area contributed by atoms with Crippen LogP contribution in [0.4, 0.5) is 0 Å². The van der Waals surface area contributed by atoms with Crippen LogP contribution >= 0.6 is 0 Å². The molecule has 0 radical (unpaired) electrons. The summed E-state index contributed by atoms with van der Waals surface area (Å²) in [6.45, 7) is 4.58. The van der Waals surface area contributed by atoms with Gasteiger partial charge in [-0.25, -0.2) is 0 Å². The lowest BCUT2D eigenvalue weighted by Crippen LogP contribution is -1.92. The van der Waals surface area contributed by atoms with Crippen LogP contribution in [0.25, 0.3) is 0 Å². The molecule has 0 aromatic carbocycles. The molecule has 0 unspecified atom stereocenters. The van der Waals surface area contributed by atoms with Crippen molar-refractivity contribution in [1.29, 1.82) is 0 Å². The van der Waals surface area contributed by atoms with E-state index in [-0.39, 0.29) is 0 Å². The maximum atomic E-state index is 2.29. The van der Waals surface area contributed by atoms with Gasteiger partial charge in [-0.15, -0.1) is 0 Å². The lowest BCUT2D eigenvalue weighted by atomic mass is 10.1. The van der Waals surface area contributed by atoms with E-state index in [9.17, 15) is 0 Å². The second kappa shape index (κ2) is 9.31. The van der Waals surface area contributed by atoms with Gasteiger partial charge >= 0.3 is 0 Å². The topological polar surface area (TPSA) is 0 Å². The molecular formula is C11H26Si. The summed E-state index contributed by atoms with van der Waals surface area (Å²) in [5, 5.41) is 0. The lowest BCUT2D eigenvalue weighted by molar-refractivity contribution is 0.572. The first-order chi connectivity index (χ1) is 5.81. The van der Waals surface area contributed by atoms with Crippen LogP contribution < -0.4 is 0 Å². The van der Waals surface area contributed by atoms with Crippen molar-refractivity contribution in [2.45, 2.75) is 70.8 Å². The minimum atomic E-state index is 1.11. The van der Waals surface area contributed by atoms with Gasteiger partial charge in [0.1, 0.15) is 0 Å². The van der Waals surface area contributed by atoms with Crippen LogP contribution in [-0.2, 0) is 0 Å². The Morgan fingerprint density at radius 1 is 0.833 bits per heavy atom. The molecule has 0 aliphatic rings. The van der Waals surface area contributed by atoms with E-state index in [2.05, 4.69) is 13.8 Å². The molecule has 0 heterocycles. The van der Waals surface area contributed by atoms with E-state index in [0.717, 1.165) is 5.54 Å². The van der Waals surface area contributed by atoms with E-state index in [4.69, 9.17) is 0 Å². The Bertz CT molecular complexity index is 71.1. The molecule has 0 aliphatic carbocycles. The first-order valence-electron chi connectivity index (χ1n) is 5.81. The summed E-state index contributed by atoms with van der Waals surface area (Å²) in [7, 11) is 1.42. The van der Waals surface area contributed by atoms with E-state index < -0.39 is 0 Å². The zero-order valence-corrected chi connectivity index (χ0v) is 11.2. The number of hydrogen-bond acceptors (Lipinski definition) is 0. The van der Waals surface area contributed by atoms with E-state index in [1.165, 1.54) is 61.6 Å². The van der Waals surface area contributed by atoms with Gasteiger partial charge in [0.05, 0.1) is 0 Å². The van der Waals surface area contributed by atoms with Crippen molar-refractivity contribution < 1.29 is 0 Å². The molecule has 0 aliphatic heterocycles. The van der Waals surface area contributed by atoms with Gasteiger partial charge < -0.3 is 0 Å². The third-order valence-corrected chi connectivity index (χ3v) is 3.76. The molecule has 0 bridgehead atoms. The first-order valence-corrected chi connectivity index (χ1v) is 6.96. The van der Waals surface area contributed by atoms with Crippen molar-refractivity contribution in [2.75, 3.05) is 0 Å². The van der Waals surface area contributed by atoms with Gasteiger partial charge in [0.25, 0.3) is 0 Å². The fraction of sp³-hybridized carbons (Fsp3) is 1.00. The summed E-state index contributed by atoms with van der Waals surface area (Å²) in [6.07, 6.45) is 11.7. The van der Waals surface area contributed by atoms with Crippen molar-refractivity contribution in [2.24, 2.45) is 0 Å². The number of hydrogen-bond donors (Lipinski definition) is 0. The van der Waals surface area contributed by atoms with Crippen LogP contribution in [0, 0.1) is 0 Å². The molecule has 0 N–H and O–H groups in total. The first kappa shape index (κ1) is 12.2. The molecule has 0 saturated heterocycles. The highest BCUT2D eigenvalue weighted by Gasteiger charge is 2.00. The van der Waals surface area contributed by atoms with E-state index in [1.54, 1.807) is 0 Å². The third-order valence-electron chi connectivity index (χ3n) is 2.60. The van der Waals surface area contributed by atoms with Gasteiger partial charge in [-0.05, 0) is 0 Å². The normalized spacial score (nSPS) is 11.2. The average molecular weight is 186 g/mol. The second-order valence-electron chi connectivity index (χ2n) is 4.10. The van der Waals surface area contributed by atoms with Gasteiger partial charge in [0.15, 0.2) is 0 Å². The summed E-state index contributed by atoms with van der Waals surface area (Å²) in [5.74, 6) is 0. The van der Waals surface area contributed by atoms with Crippen LogP contribution in [0.3, 0.4) is 0 Å². The van der Waals surface area contributed by atoms with Crippen molar-refractivity contribution in [3.63, 3.8) is 0 Å². The standard InChI is InChI=1S/C11H26Si/c1-3-5-7-9-11(12)10-8-6-4-2/h11H,3-10H2,1-2,12H3. The monoisotopic (exact) mass is 186 g/mol. The summed E-state index contributed by atoms with van der Waals surface area (Å²) in [5.41, 5.74) is 1.11. The summed E-state index contributed by atoms with van der Waals surface area (Å²) >= 11 is 0. The Labute approximate surface area is 81.6 Å². The Hall–Kier alpha value is 0.217. The van der Waals surface area contributed by atoms with E-state index in [0.29, 0.717) is 0 Å². The molecule has 0 spiro atoms. The molecular weight excluding hydrogens is 160 g/mol. The third kappa shape index (κ3) is 8.31. The largest absolute Gasteiger partial charge is 0.0654 e. The Balaban J connectivity index is 3.04. The molecule has 12 heavy (non-hydrogen) atoms. The molecule has 1 heteroatoms. The summed E-state index contributed by atoms with van der Waals surface area (Å²) < 4.78 is 0. The highest BCUT2D eigenvalue weighted by Crippen LogP contribution is 2.18. The van der Waals surface area contributed by atoms with Gasteiger partial charge in [-0.1, -0.05) is 70.8 Å². The highest BCUT2D eigenvalue weighted by atomic mass is 28.1. The Morgan fingerprint density at radius 3 is 1.58 bits per heavy atom. The summed E-state index contributed by atoms with van der Waals surface area (Å²) in [4.78, 5) is 0. The molecule has 74 valence electrons.